The van der Waals surface area contributed by atoms with Crippen molar-refractivity contribution in [3.05, 3.63) is 0 Å². The van der Waals surface area contributed by atoms with Gasteiger partial charge in [-0.05, 0) is 24.5 Å². The van der Waals surface area contributed by atoms with E-state index < -0.39 is 0 Å². The van der Waals surface area contributed by atoms with Crippen LogP contribution in [0.15, 0.2) is 0 Å². The average molecular weight is 191 g/mol. The molecule has 10 heavy (non-hydrogen) atoms. The summed E-state index contributed by atoms with van der Waals surface area (Å²) in [5.41, 5.74) is 1.07. The Bertz CT molecular complexity index is 121. The highest BCUT2D eigenvalue weighted by Gasteiger charge is 2.54. The van der Waals surface area contributed by atoms with Gasteiger partial charge in [-0.2, -0.15) is 0 Å². The first-order valence-corrected chi connectivity index (χ1v) is 8.59. The van der Waals surface area contributed by atoms with Gasteiger partial charge in [0.05, 0.1) is 4.08 Å². The summed E-state index contributed by atoms with van der Waals surface area (Å²) >= 11 is 4.13. The monoisotopic (exact) mass is 191 g/mol. The van der Waals surface area contributed by atoms with Crippen molar-refractivity contribution in [3.63, 3.8) is 0 Å². The molecule has 0 aromatic rings. The Balaban J connectivity index is 2.45. The third kappa shape index (κ3) is 1.41. The first kappa shape index (κ1) is 9.01. The molecule has 0 aliphatic heterocycles. The molecule has 59 valence electrons. The van der Waals surface area contributed by atoms with Crippen LogP contribution in [0, 0.1) is 0 Å². The van der Waals surface area contributed by atoms with Gasteiger partial charge >= 0.3 is 0 Å². The largest absolute Gasteiger partial charge is 0.148 e. The molecule has 0 aromatic heterocycles. The highest BCUT2D eigenvalue weighted by Crippen LogP contribution is 2.65. The zero-order chi connectivity index (χ0) is 7.78. The Kier molecular flexibility index (Phi) is 2.80. The SMILES string of the molecule is CSC1(SC)CC1[Si](C)C. The van der Waals surface area contributed by atoms with Crippen LogP contribution in [0.5, 0.6) is 0 Å². The zero-order valence-electron chi connectivity index (χ0n) is 7.10. The van der Waals surface area contributed by atoms with Crippen LogP contribution in [0.4, 0.5) is 0 Å². The molecule has 0 spiro atoms. The van der Waals surface area contributed by atoms with E-state index in [1.54, 1.807) is 0 Å². The molecule has 1 aliphatic carbocycles. The first-order chi connectivity index (χ1) is 4.66. The van der Waals surface area contributed by atoms with Gasteiger partial charge in [0.1, 0.15) is 0 Å². The molecular formula is C7H15S2Si. The van der Waals surface area contributed by atoms with E-state index >= 15 is 0 Å². The molecule has 1 atom stereocenters. The van der Waals surface area contributed by atoms with Crippen LogP contribution in [0.3, 0.4) is 0 Å². The number of hydrogen-bond donors (Lipinski definition) is 0. The minimum absolute atomic E-state index is 0.0121. The maximum absolute atomic E-state index is 2.43. The second-order valence-corrected chi connectivity index (χ2v) is 8.44. The van der Waals surface area contributed by atoms with E-state index in [9.17, 15) is 0 Å². The molecule has 0 amide bonds. The summed E-state index contributed by atoms with van der Waals surface area (Å²) < 4.78 is 0.651. The normalized spacial score (nSPS) is 29.1. The average Bonchev–Trinajstić information content (AvgIpc) is 2.63. The fourth-order valence-corrected chi connectivity index (χ4v) is 7.33. The highest BCUT2D eigenvalue weighted by atomic mass is 32.2. The summed E-state index contributed by atoms with van der Waals surface area (Å²) in [6.07, 6.45) is 5.97. The van der Waals surface area contributed by atoms with Gasteiger partial charge < -0.3 is 0 Å². The van der Waals surface area contributed by atoms with Gasteiger partial charge in [-0.25, -0.2) is 0 Å². The molecule has 1 unspecified atom stereocenters. The molecule has 0 heterocycles. The summed E-state index contributed by atoms with van der Waals surface area (Å²) in [6, 6.07) is 0. The van der Waals surface area contributed by atoms with Crippen molar-refractivity contribution in [2.24, 2.45) is 0 Å². The van der Waals surface area contributed by atoms with Crippen molar-refractivity contribution >= 4 is 32.3 Å². The molecule has 1 saturated carbocycles. The predicted octanol–water partition coefficient (Wildman–Crippen LogP) is 2.94. The lowest BCUT2D eigenvalue weighted by Gasteiger charge is -2.11. The van der Waals surface area contributed by atoms with Gasteiger partial charge in [0.25, 0.3) is 0 Å². The minimum Gasteiger partial charge on any atom is -0.148 e. The molecular weight excluding hydrogens is 176 g/mol. The van der Waals surface area contributed by atoms with Crippen molar-refractivity contribution in [1.82, 2.24) is 0 Å². The number of thioether (sulfide) groups is 2. The number of rotatable bonds is 3. The lowest BCUT2D eigenvalue weighted by atomic mass is 10.9. The maximum Gasteiger partial charge on any atom is 0.0609 e. The van der Waals surface area contributed by atoms with Gasteiger partial charge in [0.15, 0.2) is 0 Å². The molecule has 0 bridgehead atoms. The van der Waals surface area contributed by atoms with Gasteiger partial charge in [-0.3, -0.25) is 0 Å². The Morgan fingerprint density at radius 1 is 1.30 bits per heavy atom. The summed E-state index contributed by atoms with van der Waals surface area (Å²) in [4.78, 5) is 0. The molecule has 0 aromatic carbocycles. The van der Waals surface area contributed by atoms with Crippen LogP contribution >= 0.6 is 23.5 Å². The molecule has 1 rings (SSSR count). The Morgan fingerprint density at radius 2 is 1.80 bits per heavy atom. The van der Waals surface area contributed by atoms with E-state index in [-0.39, 0.29) is 8.80 Å². The Labute approximate surface area is 74.1 Å². The van der Waals surface area contributed by atoms with Crippen LogP contribution in [0.25, 0.3) is 0 Å². The van der Waals surface area contributed by atoms with Crippen molar-refractivity contribution in [1.29, 1.82) is 0 Å². The van der Waals surface area contributed by atoms with Crippen LogP contribution < -0.4 is 0 Å². The van der Waals surface area contributed by atoms with Crippen LogP contribution in [-0.4, -0.2) is 25.4 Å². The molecule has 0 saturated heterocycles. The zero-order valence-corrected chi connectivity index (χ0v) is 9.73. The third-order valence-electron chi connectivity index (χ3n) is 2.25. The smallest absolute Gasteiger partial charge is 0.0609 e. The van der Waals surface area contributed by atoms with Crippen molar-refractivity contribution in [2.75, 3.05) is 12.5 Å². The van der Waals surface area contributed by atoms with Crippen LogP contribution in [-0.2, 0) is 0 Å². The van der Waals surface area contributed by atoms with Gasteiger partial charge in [-0.15, -0.1) is 23.5 Å². The van der Waals surface area contributed by atoms with Crippen LogP contribution in [0.2, 0.25) is 18.6 Å². The Morgan fingerprint density at radius 3 is 1.90 bits per heavy atom. The van der Waals surface area contributed by atoms with E-state index in [1.165, 1.54) is 6.42 Å². The fourth-order valence-electron chi connectivity index (χ4n) is 1.40. The van der Waals surface area contributed by atoms with Gasteiger partial charge in [-0.1, -0.05) is 13.1 Å². The molecule has 3 heteroatoms. The fraction of sp³-hybridized carbons (Fsp3) is 1.00. The Hall–Kier alpha value is 0.917. The lowest BCUT2D eigenvalue weighted by molar-refractivity contribution is 1.36. The van der Waals surface area contributed by atoms with Crippen molar-refractivity contribution in [3.8, 4) is 0 Å². The third-order valence-corrected chi connectivity index (χ3v) is 8.04. The molecule has 0 N–H and O–H groups in total. The lowest BCUT2D eigenvalue weighted by Crippen LogP contribution is -2.07. The van der Waals surface area contributed by atoms with Crippen molar-refractivity contribution < 1.29 is 0 Å². The minimum atomic E-state index is -0.0121. The predicted molar refractivity (Wildman–Crippen MR) is 55.6 cm³/mol. The van der Waals surface area contributed by atoms with Gasteiger partial charge in [0, 0.05) is 8.80 Å². The van der Waals surface area contributed by atoms with E-state index in [4.69, 9.17) is 0 Å². The molecule has 1 radical (unpaired) electrons. The first-order valence-electron chi connectivity index (χ1n) is 3.56. The van der Waals surface area contributed by atoms with Crippen molar-refractivity contribution in [2.45, 2.75) is 29.1 Å². The highest BCUT2D eigenvalue weighted by molar-refractivity contribution is 8.18. The standard InChI is InChI=1S/C7H15S2Si/c1-8-7(9-2)5-6(7)10(3)4/h6H,5H2,1-4H3. The molecule has 0 nitrogen and oxygen atoms in total. The van der Waals surface area contributed by atoms with Gasteiger partial charge in [0.2, 0.25) is 0 Å². The molecule has 1 fully saturated rings. The summed E-state index contributed by atoms with van der Waals surface area (Å²) in [7, 11) is -0.0121. The van der Waals surface area contributed by atoms with E-state index in [0.717, 1.165) is 5.54 Å². The molecule has 1 aliphatic rings. The van der Waals surface area contributed by atoms with Crippen LogP contribution in [0.1, 0.15) is 6.42 Å². The second-order valence-electron chi connectivity index (χ2n) is 3.05. The van der Waals surface area contributed by atoms with E-state index in [2.05, 4.69) is 49.1 Å². The topological polar surface area (TPSA) is 0 Å². The summed E-state index contributed by atoms with van der Waals surface area (Å²) in [5, 5.41) is 0. The van der Waals surface area contributed by atoms with E-state index in [1.807, 2.05) is 0 Å². The van der Waals surface area contributed by atoms with E-state index in [0.29, 0.717) is 4.08 Å². The second kappa shape index (κ2) is 3.11. The summed E-state index contributed by atoms with van der Waals surface area (Å²) in [6.45, 7) is 4.87. The maximum atomic E-state index is 2.43. The number of hydrogen-bond acceptors (Lipinski definition) is 2. The summed E-state index contributed by atoms with van der Waals surface area (Å²) in [5.74, 6) is 0. The quantitative estimate of drug-likeness (QED) is 0.497.